The van der Waals surface area contributed by atoms with Crippen LogP contribution in [0, 0.1) is 16.7 Å². The first-order chi connectivity index (χ1) is 4.77. The predicted octanol–water partition coefficient (Wildman–Crippen LogP) is 0.666. The average Bonchev–Trinajstić information content (AvgIpc) is 2.77. The Bertz CT molecular complexity index is 230. The molecule has 0 heterocycles. The molecule has 3 nitrogen and oxygen atoms in total. The summed E-state index contributed by atoms with van der Waals surface area (Å²) in [6, 6.07) is 0. The Morgan fingerprint density at radius 3 is 2.70 bits per heavy atom. The van der Waals surface area contributed by atoms with Crippen molar-refractivity contribution in [1.29, 1.82) is 0 Å². The Labute approximate surface area is 58.4 Å². The fourth-order valence-electron chi connectivity index (χ4n) is 3.07. The van der Waals surface area contributed by atoms with E-state index in [0.29, 0.717) is 5.92 Å². The van der Waals surface area contributed by atoms with E-state index >= 15 is 0 Å². The van der Waals surface area contributed by atoms with Crippen molar-refractivity contribution in [2.45, 2.75) is 30.4 Å². The number of hydrogen-bond acceptors (Lipinski definition) is 3. The molecular weight excluding hydrogens is 130 g/mol. The molecule has 3 heteroatoms. The van der Waals surface area contributed by atoms with Crippen LogP contribution in [-0.4, -0.2) is 16.2 Å². The van der Waals surface area contributed by atoms with E-state index in [-0.39, 0.29) is 5.92 Å². The van der Waals surface area contributed by atoms with Crippen LogP contribution in [-0.2, 0) is 0 Å². The lowest BCUT2D eigenvalue weighted by Crippen LogP contribution is -2.35. The molecule has 0 aromatic carbocycles. The molecule has 10 heavy (non-hydrogen) atoms. The minimum atomic E-state index is -0.604. The molecule has 3 aliphatic carbocycles. The van der Waals surface area contributed by atoms with Crippen LogP contribution in [0.2, 0.25) is 0 Å². The Morgan fingerprint density at radius 1 is 1.60 bits per heavy atom. The Kier molecular flexibility index (Phi) is 0.552. The normalized spacial score (nSPS) is 68.5. The van der Waals surface area contributed by atoms with Gasteiger partial charge in [-0.05, 0) is 18.8 Å². The molecule has 54 valence electrons. The Balaban J connectivity index is 2.01. The summed E-state index contributed by atoms with van der Waals surface area (Å²) in [6.45, 7) is 0. The van der Waals surface area contributed by atoms with E-state index in [1.165, 1.54) is 0 Å². The number of fused-ring (bicyclic) bond motifs is 2. The summed E-state index contributed by atoms with van der Waals surface area (Å²) in [5.41, 5.74) is -1.09. The van der Waals surface area contributed by atoms with Gasteiger partial charge in [0.1, 0.15) is 11.1 Å². The minimum Gasteiger partial charge on any atom is -0.386 e. The fraction of sp³-hybridized carbons (Fsp3) is 1.00. The highest BCUT2D eigenvalue weighted by molar-refractivity contribution is 5.49. The average molecular weight is 139 g/mol. The maximum absolute atomic E-state index is 10.3. The van der Waals surface area contributed by atoms with E-state index in [1.807, 2.05) is 0 Å². The van der Waals surface area contributed by atoms with Gasteiger partial charge in [-0.2, -0.15) is 4.91 Å². The molecule has 0 aromatic heterocycles. The first-order valence-corrected chi connectivity index (χ1v) is 3.84. The standard InChI is InChI=1S/C7H9NO2/c9-7-4-2-1-3-6(7,8-10)5(4)7/h4-5,9H,1-3H2/t4?,5-,6?,7-/m0/s1. The van der Waals surface area contributed by atoms with Crippen molar-refractivity contribution in [3.63, 3.8) is 0 Å². The lowest BCUT2D eigenvalue weighted by Gasteiger charge is -2.27. The lowest BCUT2D eigenvalue weighted by molar-refractivity contribution is 0.0917. The minimum absolute atomic E-state index is 0.270. The predicted molar refractivity (Wildman–Crippen MR) is 34.3 cm³/mol. The van der Waals surface area contributed by atoms with Gasteiger partial charge in [-0.3, -0.25) is 0 Å². The molecule has 0 spiro atoms. The van der Waals surface area contributed by atoms with Gasteiger partial charge in [0, 0.05) is 5.92 Å². The molecule has 0 saturated heterocycles. The molecule has 2 unspecified atom stereocenters. The number of nitroso groups, excluding NO2 is 1. The molecule has 0 radical (unpaired) electrons. The molecule has 1 N–H and O–H groups in total. The quantitative estimate of drug-likeness (QED) is 0.543. The third-order valence-corrected chi connectivity index (χ3v) is 3.69. The highest BCUT2D eigenvalue weighted by atomic mass is 16.3. The van der Waals surface area contributed by atoms with Gasteiger partial charge in [-0.25, -0.2) is 0 Å². The summed E-state index contributed by atoms with van der Waals surface area (Å²) in [5.74, 6) is 0.713. The van der Waals surface area contributed by atoms with Crippen molar-refractivity contribution >= 4 is 0 Å². The van der Waals surface area contributed by atoms with Gasteiger partial charge >= 0.3 is 0 Å². The molecule has 3 aliphatic rings. The third-order valence-electron chi connectivity index (χ3n) is 3.69. The van der Waals surface area contributed by atoms with E-state index in [2.05, 4.69) is 5.18 Å². The van der Waals surface area contributed by atoms with Crippen LogP contribution < -0.4 is 0 Å². The SMILES string of the molecule is O=NC12CCCC3[C@@H]1[C@@]32O. The Morgan fingerprint density at radius 2 is 2.30 bits per heavy atom. The van der Waals surface area contributed by atoms with Crippen LogP contribution in [0.5, 0.6) is 0 Å². The summed E-state index contributed by atoms with van der Waals surface area (Å²) < 4.78 is 0. The van der Waals surface area contributed by atoms with Gasteiger partial charge < -0.3 is 5.11 Å². The van der Waals surface area contributed by atoms with Crippen LogP contribution in [0.4, 0.5) is 0 Å². The van der Waals surface area contributed by atoms with Crippen molar-refractivity contribution in [1.82, 2.24) is 0 Å². The van der Waals surface area contributed by atoms with Crippen LogP contribution >= 0.6 is 0 Å². The number of hydrogen-bond donors (Lipinski definition) is 1. The summed E-state index contributed by atoms with van der Waals surface area (Å²) >= 11 is 0. The summed E-state index contributed by atoms with van der Waals surface area (Å²) in [5, 5.41) is 12.7. The molecule has 3 saturated carbocycles. The molecule has 3 rings (SSSR count). The smallest absolute Gasteiger partial charge is 0.138 e. The van der Waals surface area contributed by atoms with Crippen LogP contribution in [0.15, 0.2) is 5.18 Å². The second-order valence-electron chi connectivity index (χ2n) is 3.82. The molecule has 0 amide bonds. The molecular formula is C7H9NO2. The highest BCUT2D eigenvalue weighted by Crippen LogP contribution is 2.85. The van der Waals surface area contributed by atoms with Gasteiger partial charge in [-0.1, -0.05) is 11.6 Å². The third kappa shape index (κ3) is 0.243. The van der Waals surface area contributed by atoms with Gasteiger partial charge in [0.15, 0.2) is 0 Å². The van der Waals surface area contributed by atoms with Gasteiger partial charge in [0.2, 0.25) is 0 Å². The summed E-state index contributed by atoms with van der Waals surface area (Å²) in [7, 11) is 0. The first-order valence-electron chi connectivity index (χ1n) is 3.84. The van der Waals surface area contributed by atoms with E-state index in [4.69, 9.17) is 0 Å². The zero-order valence-electron chi connectivity index (χ0n) is 5.58. The monoisotopic (exact) mass is 139 g/mol. The highest BCUT2D eigenvalue weighted by Gasteiger charge is 2.98. The van der Waals surface area contributed by atoms with Crippen molar-refractivity contribution in [3.8, 4) is 0 Å². The second kappa shape index (κ2) is 1.05. The van der Waals surface area contributed by atoms with Crippen molar-refractivity contribution in [2.75, 3.05) is 0 Å². The van der Waals surface area contributed by atoms with Crippen molar-refractivity contribution in [3.05, 3.63) is 4.91 Å². The lowest BCUT2D eigenvalue weighted by atomic mass is 9.82. The number of nitrogens with zero attached hydrogens (tertiary/aromatic N) is 1. The second-order valence-corrected chi connectivity index (χ2v) is 3.82. The topological polar surface area (TPSA) is 49.7 Å². The molecule has 0 bridgehead atoms. The molecule has 3 fully saturated rings. The molecule has 0 aromatic rings. The maximum Gasteiger partial charge on any atom is 0.138 e. The maximum atomic E-state index is 10.3. The van der Waals surface area contributed by atoms with E-state index in [0.717, 1.165) is 19.3 Å². The van der Waals surface area contributed by atoms with Crippen LogP contribution in [0.3, 0.4) is 0 Å². The molecule has 0 aliphatic heterocycles. The fourth-order valence-corrected chi connectivity index (χ4v) is 3.07. The first kappa shape index (κ1) is 5.24. The van der Waals surface area contributed by atoms with Crippen molar-refractivity contribution in [2.24, 2.45) is 17.0 Å². The summed E-state index contributed by atoms with van der Waals surface area (Å²) in [6.07, 6.45) is 3.02. The van der Waals surface area contributed by atoms with E-state index in [1.54, 1.807) is 0 Å². The summed E-state index contributed by atoms with van der Waals surface area (Å²) in [4.78, 5) is 10.3. The number of rotatable bonds is 1. The number of aliphatic hydroxyl groups is 1. The van der Waals surface area contributed by atoms with E-state index in [9.17, 15) is 10.0 Å². The van der Waals surface area contributed by atoms with E-state index < -0.39 is 11.1 Å². The van der Waals surface area contributed by atoms with Gasteiger partial charge in [-0.15, -0.1) is 0 Å². The van der Waals surface area contributed by atoms with Crippen molar-refractivity contribution < 1.29 is 5.11 Å². The van der Waals surface area contributed by atoms with Gasteiger partial charge in [0.25, 0.3) is 0 Å². The van der Waals surface area contributed by atoms with Crippen LogP contribution in [0.1, 0.15) is 19.3 Å². The zero-order valence-corrected chi connectivity index (χ0v) is 5.58. The largest absolute Gasteiger partial charge is 0.386 e. The van der Waals surface area contributed by atoms with Gasteiger partial charge in [0.05, 0.1) is 0 Å². The zero-order chi connectivity index (χ0) is 6.98. The van der Waals surface area contributed by atoms with Crippen LogP contribution in [0.25, 0.3) is 0 Å². The Hall–Kier alpha value is -0.440. The molecule has 4 atom stereocenters.